The van der Waals surface area contributed by atoms with E-state index >= 15 is 0 Å². The van der Waals surface area contributed by atoms with Crippen LogP contribution in [0.5, 0.6) is 0 Å². The second kappa shape index (κ2) is 7.30. The van der Waals surface area contributed by atoms with Crippen LogP contribution >= 0.6 is 11.6 Å². The summed E-state index contributed by atoms with van der Waals surface area (Å²) in [4.78, 5) is 3.23. The molecule has 2 N–H and O–H groups in total. The molecule has 0 aliphatic carbocycles. The van der Waals surface area contributed by atoms with Gasteiger partial charge in [-0.05, 0) is 47.7 Å². The van der Waals surface area contributed by atoms with Gasteiger partial charge in [0.15, 0.2) is 0 Å². The van der Waals surface area contributed by atoms with Gasteiger partial charge in [-0.1, -0.05) is 60.2 Å². The third-order valence-corrected chi connectivity index (χ3v) is 4.97. The molecule has 25 heavy (non-hydrogen) atoms. The van der Waals surface area contributed by atoms with Crippen molar-refractivity contribution in [1.82, 2.24) is 10.3 Å². The van der Waals surface area contributed by atoms with Crippen molar-refractivity contribution >= 4 is 34.2 Å². The minimum atomic E-state index is 0.470. The predicted octanol–water partition coefficient (Wildman–Crippen LogP) is 5.67. The highest BCUT2D eigenvalue weighted by Crippen LogP contribution is 2.26. The summed E-state index contributed by atoms with van der Waals surface area (Å²) in [5.74, 6) is 0. The van der Waals surface area contributed by atoms with Crippen molar-refractivity contribution in [3.05, 3.63) is 83.0 Å². The second-order valence-corrected chi connectivity index (χ2v) is 6.91. The molecule has 1 atom stereocenters. The smallest absolute Gasteiger partial charge is 0.0474 e. The molecule has 0 radical (unpaired) electrons. The normalized spacial score (nSPS) is 18.0. The van der Waals surface area contributed by atoms with Crippen LogP contribution < -0.4 is 5.32 Å². The van der Waals surface area contributed by atoms with Crippen molar-refractivity contribution in [2.24, 2.45) is 0 Å². The third kappa shape index (κ3) is 3.71. The lowest BCUT2D eigenvalue weighted by Crippen LogP contribution is -2.32. The monoisotopic (exact) mass is 348 g/mol. The van der Waals surface area contributed by atoms with Gasteiger partial charge >= 0.3 is 0 Å². The maximum Gasteiger partial charge on any atom is 0.0474 e. The van der Waals surface area contributed by atoms with Gasteiger partial charge in [-0.2, -0.15) is 0 Å². The molecule has 1 unspecified atom stereocenters. The lowest BCUT2D eigenvalue weighted by Gasteiger charge is -2.23. The van der Waals surface area contributed by atoms with E-state index in [4.69, 9.17) is 11.6 Å². The molecule has 1 aliphatic heterocycles. The molecule has 0 amide bonds. The first-order valence-corrected chi connectivity index (χ1v) is 9.08. The quantitative estimate of drug-likeness (QED) is 0.624. The van der Waals surface area contributed by atoms with Gasteiger partial charge in [0.25, 0.3) is 0 Å². The van der Waals surface area contributed by atoms with Gasteiger partial charge in [0.2, 0.25) is 0 Å². The van der Waals surface area contributed by atoms with E-state index in [9.17, 15) is 0 Å². The fourth-order valence-electron chi connectivity index (χ4n) is 3.48. The third-order valence-electron chi connectivity index (χ3n) is 4.75. The molecule has 0 fully saturated rings. The Balaban J connectivity index is 1.45. The lowest BCUT2D eigenvalue weighted by atomic mass is 9.93. The largest absolute Gasteiger partial charge is 0.361 e. The molecule has 126 valence electrons. The maximum absolute atomic E-state index is 6.22. The molecule has 2 heterocycles. The highest BCUT2D eigenvalue weighted by Gasteiger charge is 2.14. The molecular weight excluding hydrogens is 328 g/mol. The van der Waals surface area contributed by atoms with E-state index in [1.165, 1.54) is 22.1 Å². The van der Waals surface area contributed by atoms with E-state index in [-0.39, 0.29) is 0 Å². The van der Waals surface area contributed by atoms with Crippen molar-refractivity contribution in [2.75, 3.05) is 6.54 Å². The number of benzene rings is 2. The van der Waals surface area contributed by atoms with Gasteiger partial charge in [0.1, 0.15) is 0 Å². The van der Waals surface area contributed by atoms with Crippen molar-refractivity contribution in [1.29, 1.82) is 0 Å². The van der Waals surface area contributed by atoms with E-state index in [0.29, 0.717) is 6.04 Å². The molecule has 4 rings (SSSR count). The summed E-state index contributed by atoms with van der Waals surface area (Å²) in [5.41, 5.74) is 5.02. The first-order chi connectivity index (χ1) is 12.3. The fraction of sp³-hybridized carbons (Fsp3) is 0.182. The number of aromatic nitrogens is 1. The number of rotatable bonds is 4. The topological polar surface area (TPSA) is 27.8 Å². The summed E-state index contributed by atoms with van der Waals surface area (Å²) >= 11 is 6.22. The Hall–Kier alpha value is -2.29. The van der Waals surface area contributed by atoms with Gasteiger partial charge in [-0.3, -0.25) is 0 Å². The highest BCUT2D eigenvalue weighted by atomic mass is 35.5. The van der Waals surface area contributed by atoms with Crippen LogP contribution in [0.25, 0.3) is 22.6 Å². The number of hydrogen-bond acceptors (Lipinski definition) is 1. The molecule has 1 aliphatic rings. The zero-order valence-corrected chi connectivity index (χ0v) is 14.8. The van der Waals surface area contributed by atoms with Crippen LogP contribution in [0.4, 0.5) is 0 Å². The minimum Gasteiger partial charge on any atom is -0.361 e. The predicted molar refractivity (Wildman–Crippen MR) is 108 cm³/mol. The molecule has 1 aromatic heterocycles. The average molecular weight is 349 g/mol. The Morgan fingerprint density at radius 3 is 2.88 bits per heavy atom. The van der Waals surface area contributed by atoms with Crippen LogP contribution in [0.3, 0.4) is 0 Å². The maximum atomic E-state index is 6.22. The number of fused-ring (bicyclic) bond motifs is 1. The SMILES string of the molecule is Clc1cc(C=CCC2CC(c3ccccc3)=CCN2)c2cc[nH]c2c1. The van der Waals surface area contributed by atoms with Crippen LogP contribution in [-0.4, -0.2) is 17.6 Å². The van der Waals surface area contributed by atoms with E-state index in [0.717, 1.165) is 29.9 Å². The van der Waals surface area contributed by atoms with Gasteiger partial charge in [-0.25, -0.2) is 0 Å². The average Bonchev–Trinajstić information content (AvgIpc) is 3.11. The molecule has 2 nitrogen and oxygen atoms in total. The van der Waals surface area contributed by atoms with Crippen LogP contribution in [0.15, 0.2) is 66.9 Å². The molecule has 0 saturated carbocycles. The van der Waals surface area contributed by atoms with Crippen LogP contribution in [0.1, 0.15) is 24.0 Å². The number of H-pyrrole nitrogens is 1. The van der Waals surface area contributed by atoms with Crippen molar-refractivity contribution in [2.45, 2.75) is 18.9 Å². The Kier molecular flexibility index (Phi) is 4.73. The van der Waals surface area contributed by atoms with Gasteiger partial charge in [0, 0.05) is 34.7 Å². The molecule has 3 heteroatoms. The Morgan fingerprint density at radius 1 is 1.12 bits per heavy atom. The summed E-state index contributed by atoms with van der Waals surface area (Å²) in [5, 5.41) is 5.56. The highest BCUT2D eigenvalue weighted by molar-refractivity contribution is 6.31. The molecule has 3 aromatic rings. The standard InChI is InChI=1S/C22H21ClN2/c23-19-13-18(21-10-12-25-22(21)15-19)7-4-8-20-14-17(9-11-24-20)16-5-2-1-3-6-16/h1-7,9-10,12-13,15,20,24-25H,8,11,14H2. The Labute approximate surface area is 153 Å². The van der Waals surface area contributed by atoms with E-state index in [1.54, 1.807) is 0 Å². The van der Waals surface area contributed by atoms with Crippen molar-refractivity contribution in [3.8, 4) is 0 Å². The van der Waals surface area contributed by atoms with Gasteiger partial charge in [-0.15, -0.1) is 0 Å². The number of hydrogen-bond donors (Lipinski definition) is 2. The van der Waals surface area contributed by atoms with E-state index < -0.39 is 0 Å². The Morgan fingerprint density at radius 2 is 2.00 bits per heavy atom. The first kappa shape index (κ1) is 16.2. The van der Waals surface area contributed by atoms with Crippen molar-refractivity contribution < 1.29 is 0 Å². The van der Waals surface area contributed by atoms with Crippen LogP contribution in [0.2, 0.25) is 5.02 Å². The van der Waals surface area contributed by atoms with Crippen molar-refractivity contribution in [3.63, 3.8) is 0 Å². The van der Waals surface area contributed by atoms with Crippen LogP contribution in [0, 0.1) is 0 Å². The number of aromatic amines is 1. The Bertz CT molecular complexity index is 922. The summed E-state index contributed by atoms with van der Waals surface area (Å²) in [6, 6.07) is 17.2. The first-order valence-electron chi connectivity index (χ1n) is 8.70. The zero-order valence-electron chi connectivity index (χ0n) is 14.0. The molecule has 0 spiro atoms. The second-order valence-electron chi connectivity index (χ2n) is 6.48. The summed E-state index contributed by atoms with van der Waals surface area (Å²) in [6.45, 7) is 0.932. The number of halogens is 1. The fourth-order valence-corrected chi connectivity index (χ4v) is 3.71. The van der Waals surface area contributed by atoms with E-state index in [1.807, 2.05) is 18.3 Å². The molecule has 0 bridgehead atoms. The molecule has 0 saturated heterocycles. The minimum absolute atomic E-state index is 0.470. The van der Waals surface area contributed by atoms with Crippen LogP contribution in [-0.2, 0) is 0 Å². The van der Waals surface area contributed by atoms with Gasteiger partial charge in [0.05, 0.1) is 0 Å². The molecular formula is C22H21ClN2. The summed E-state index contributed by atoms with van der Waals surface area (Å²) < 4.78 is 0. The van der Waals surface area contributed by atoms with E-state index in [2.05, 4.69) is 64.9 Å². The van der Waals surface area contributed by atoms with Gasteiger partial charge < -0.3 is 10.3 Å². The molecule has 2 aromatic carbocycles. The number of nitrogens with one attached hydrogen (secondary N) is 2. The summed E-state index contributed by atoms with van der Waals surface area (Å²) in [6.07, 6.45) is 10.8. The summed E-state index contributed by atoms with van der Waals surface area (Å²) in [7, 11) is 0. The zero-order chi connectivity index (χ0) is 17.1. The lowest BCUT2D eigenvalue weighted by molar-refractivity contribution is 0.542.